The molecule has 1 aromatic carbocycles. The summed E-state index contributed by atoms with van der Waals surface area (Å²) in [6, 6.07) is 7.56. The minimum absolute atomic E-state index is 0.0159. The van der Waals surface area contributed by atoms with E-state index in [9.17, 15) is 13.2 Å². The molecular weight excluding hydrogens is 406 g/mol. The third-order valence-corrected chi connectivity index (χ3v) is 7.95. The van der Waals surface area contributed by atoms with E-state index in [4.69, 9.17) is 9.26 Å². The number of aromatic nitrogens is 1. The maximum atomic E-state index is 12.9. The third kappa shape index (κ3) is 4.67. The van der Waals surface area contributed by atoms with Crippen molar-refractivity contribution >= 4 is 15.9 Å². The standard InChI is InChI=1S/C21H29N3O5S/c1-14(21(25)22-13-17-5-7-19(28-4)8-6-17)18-9-11-24(12-10-18)30(26,27)20-15(2)23-29-16(20)3/h5-8,14,18H,9-13H2,1-4H3,(H,22,25). The van der Waals surface area contributed by atoms with Crippen molar-refractivity contribution in [1.29, 1.82) is 0 Å². The van der Waals surface area contributed by atoms with Crippen molar-refractivity contribution in [3.05, 3.63) is 41.3 Å². The van der Waals surface area contributed by atoms with Crippen LogP contribution >= 0.6 is 0 Å². The predicted molar refractivity (Wildman–Crippen MR) is 111 cm³/mol. The van der Waals surface area contributed by atoms with E-state index in [0.29, 0.717) is 43.9 Å². The number of carbonyl (C=O) groups excluding carboxylic acids is 1. The highest BCUT2D eigenvalue weighted by Crippen LogP contribution is 2.30. The SMILES string of the molecule is COc1ccc(CNC(=O)C(C)C2CCN(S(=O)(=O)c3c(C)noc3C)CC2)cc1. The molecule has 164 valence electrons. The lowest BCUT2D eigenvalue weighted by Crippen LogP contribution is -2.42. The van der Waals surface area contributed by atoms with E-state index in [-0.39, 0.29) is 22.6 Å². The van der Waals surface area contributed by atoms with E-state index in [1.54, 1.807) is 21.0 Å². The maximum Gasteiger partial charge on any atom is 0.248 e. The first-order valence-electron chi connectivity index (χ1n) is 10.1. The van der Waals surface area contributed by atoms with Crippen molar-refractivity contribution in [1.82, 2.24) is 14.8 Å². The second-order valence-corrected chi connectivity index (χ2v) is 9.62. The highest BCUT2D eigenvalue weighted by Gasteiger charge is 2.36. The van der Waals surface area contributed by atoms with Gasteiger partial charge in [0.1, 0.15) is 16.3 Å². The highest BCUT2D eigenvalue weighted by atomic mass is 32.2. The number of carbonyl (C=O) groups is 1. The molecule has 1 aliphatic rings. The number of nitrogens with zero attached hydrogens (tertiary/aromatic N) is 2. The average molecular weight is 436 g/mol. The van der Waals surface area contributed by atoms with Crippen molar-refractivity contribution in [3.63, 3.8) is 0 Å². The van der Waals surface area contributed by atoms with Crippen LogP contribution in [0.3, 0.4) is 0 Å². The van der Waals surface area contributed by atoms with Crippen molar-refractivity contribution in [2.24, 2.45) is 11.8 Å². The summed E-state index contributed by atoms with van der Waals surface area (Å²) in [5.74, 6) is 1.01. The molecule has 1 unspecified atom stereocenters. The molecule has 8 nitrogen and oxygen atoms in total. The minimum atomic E-state index is -3.64. The van der Waals surface area contributed by atoms with Gasteiger partial charge in [0.2, 0.25) is 15.9 Å². The average Bonchev–Trinajstić information content (AvgIpc) is 3.10. The van der Waals surface area contributed by atoms with E-state index in [2.05, 4.69) is 10.5 Å². The molecule has 1 aliphatic heterocycles. The van der Waals surface area contributed by atoms with Crippen LogP contribution < -0.4 is 10.1 Å². The molecule has 30 heavy (non-hydrogen) atoms. The van der Waals surface area contributed by atoms with Gasteiger partial charge in [-0.3, -0.25) is 4.79 Å². The molecule has 1 saturated heterocycles. The van der Waals surface area contributed by atoms with Gasteiger partial charge in [-0.1, -0.05) is 24.2 Å². The van der Waals surface area contributed by atoms with Crippen LogP contribution in [-0.2, 0) is 21.4 Å². The molecule has 0 aliphatic carbocycles. The Kier molecular flexibility index (Phi) is 6.82. The number of hydrogen-bond donors (Lipinski definition) is 1. The molecule has 1 atom stereocenters. The number of methoxy groups -OCH3 is 1. The Labute approximate surface area is 177 Å². The largest absolute Gasteiger partial charge is 0.497 e. The van der Waals surface area contributed by atoms with E-state index in [1.807, 2.05) is 31.2 Å². The van der Waals surface area contributed by atoms with Crippen LogP contribution in [0, 0.1) is 25.7 Å². The number of benzene rings is 1. The summed E-state index contributed by atoms with van der Waals surface area (Å²) in [6.07, 6.45) is 1.28. The number of ether oxygens (including phenoxy) is 1. The number of hydrogen-bond acceptors (Lipinski definition) is 6. The lowest BCUT2D eigenvalue weighted by Gasteiger charge is -2.33. The zero-order valence-corrected chi connectivity index (χ0v) is 18.7. The molecule has 0 bridgehead atoms. The zero-order chi connectivity index (χ0) is 21.9. The topological polar surface area (TPSA) is 102 Å². The Morgan fingerprint density at radius 3 is 2.43 bits per heavy atom. The number of nitrogens with one attached hydrogen (secondary N) is 1. The minimum Gasteiger partial charge on any atom is -0.497 e. The quantitative estimate of drug-likeness (QED) is 0.717. The molecular formula is C21H29N3O5S. The van der Waals surface area contributed by atoms with Crippen molar-refractivity contribution in [3.8, 4) is 5.75 Å². The normalized spacial score (nSPS) is 16.9. The van der Waals surface area contributed by atoms with E-state index in [1.165, 1.54) is 4.31 Å². The van der Waals surface area contributed by atoms with Crippen molar-refractivity contribution in [2.45, 2.75) is 45.1 Å². The van der Waals surface area contributed by atoms with Gasteiger partial charge in [0.05, 0.1) is 7.11 Å². The fraction of sp³-hybridized carbons (Fsp3) is 0.524. The Hall–Kier alpha value is -2.39. The van der Waals surface area contributed by atoms with Crippen LogP contribution in [-0.4, -0.2) is 44.0 Å². The first kappa shape index (κ1) is 22.3. The fourth-order valence-electron chi connectivity index (χ4n) is 3.90. The van der Waals surface area contributed by atoms with Gasteiger partial charge < -0.3 is 14.6 Å². The highest BCUT2D eigenvalue weighted by molar-refractivity contribution is 7.89. The second-order valence-electron chi connectivity index (χ2n) is 7.75. The van der Waals surface area contributed by atoms with Crippen LogP contribution in [0.1, 0.15) is 36.8 Å². The van der Waals surface area contributed by atoms with E-state index >= 15 is 0 Å². The van der Waals surface area contributed by atoms with Crippen LogP contribution in [0.5, 0.6) is 5.75 Å². The Morgan fingerprint density at radius 1 is 1.27 bits per heavy atom. The summed E-state index contributed by atoms with van der Waals surface area (Å²) in [6.45, 7) is 6.36. The van der Waals surface area contributed by atoms with Gasteiger partial charge >= 0.3 is 0 Å². The Morgan fingerprint density at radius 2 is 1.90 bits per heavy atom. The molecule has 2 heterocycles. The molecule has 0 radical (unpaired) electrons. The van der Waals surface area contributed by atoms with Gasteiger partial charge in [-0.25, -0.2) is 8.42 Å². The first-order chi connectivity index (χ1) is 14.2. The molecule has 3 rings (SSSR count). The van der Waals surface area contributed by atoms with Gasteiger partial charge in [0.25, 0.3) is 0 Å². The number of rotatable bonds is 7. The molecule has 1 amide bonds. The van der Waals surface area contributed by atoms with Gasteiger partial charge in [-0.15, -0.1) is 0 Å². The molecule has 0 spiro atoms. The number of amides is 1. The van der Waals surface area contributed by atoms with E-state index in [0.717, 1.165) is 11.3 Å². The van der Waals surface area contributed by atoms with Gasteiger partial charge in [0.15, 0.2) is 5.76 Å². The van der Waals surface area contributed by atoms with Crippen LogP contribution in [0.15, 0.2) is 33.7 Å². The fourth-order valence-corrected chi connectivity index (χ4v) is 5.66. The van der Waals surface area contributed by atoms with Gasteiger partial charge in [-0.2, -0.15) is 4.31 Å². The molecule has 1 aromatic heterocycles. The molecule has 9 heteroatoms. The van der Waals surface area contributed by atoms with E-state index < -0.39 is 10.0 Å². The smallest absolute Gasteiger partial charge is 0.248 e. The summed E-state index contributed by atoms with van der Waals surface area (Å²) in [5, 5.41) is 6.74. The second kappa shape index (κ2) is 9.18. The molecule has 0 saturated carbocycles. The zero-order valence-electron chi connectivity index (χ0n) is 17.8. The van der Waals surface area contributed by atoms with Crippen molar-refractivity contribution < 1.29 is 22.5 Å². The summed E-state index contributed by atoms with van der Waals surface area (Å²) >= 11 is 0. The molecule has 1 fully saturated rings. The van der Waals surface area contributed by atoms with Crippen LogP contribution in [0.25, 0.3) is 0 Å². The molecule has 1 N–H and O–H groups in total. The summed E-state index contributed by atoms with van der Waals surface area (Å²) < 4.78 is 37.5. The van der Waals surface area contributed by atoms with Gasteiger partial charge in [0, 0.05) is 25.6 Å². The summed E-state index contributed by atoms with van der Waals surface area (Å²) in [7, 11) is -2.02. The Balaban J connectivity index is 1.54. The lowest BCUT2D eigenvalue weighted by atomic mass is 9.85. The number of sulfonamides is 1. The van der Waals surface area contributed by atoms with Crippen LogP contribution in [0.2, 0.25) is 0 Å². The first-order valence-corrected chi connectivity index (χ1v) is 11.5. The monoisotopic (exact) mass is 435 g/mol. The number of piperidine rings is 1. The van der Waals surface area contributed by atoms with Crippen LogP contribution in [0.4, 0.5) is 0 Å². The summed E-state index contributed by atoms with van der Waals surface area (Å²) in [5.41, 5.74) is 1.37. The van der Waals surface area contributed by atoms with Crippen molar-refractivity contribution in [2.75, 3.05) is 20.2 Å². The van der Waals surface area contributed by atoms with Gasteiger partial charge in [-0.05, 0) is 50.3 Å². The third-order valence-electron chi connectivity index (χ3n) is 5.81. The maximum absolute atomic E-state index is 12.9. The molecule has 2 aromatic rings. The lowest BCUT2D eigenvalue weighted by molar-refractivity contribution is -0.126. The Bertz CT molecular complexity index is 957. The summed E-state index contributed by atoms with van der Waals surface area (Å²) in [4.78, 5) is 12.8. The predicted octanol–water partition coefficient (Wildman–Crippen LogP) is 2.65. The number of aryl methyl sites for hydroxylation is 2.